The molecule has 0 radical (unpaired) electrons. The van der Waals surface area contributed by atoms with Crippen LogP contribution in [0.15, 0.2) is 0 Å². The van der Waals surface area contributed by atoms with E-state index in [1.807, 2.05) is 13.8 Å². The number of nitrogens with zero attached hydrogens (tertiary/aromatic N) is 4. The lowest BCUT2D eigenvalue weighted by molar-refractivity contribution is -0.146. The Morgan fingerprint density at radius 1 is 0.375 bits per heavy atom. The highest BCUT2D eigenvalue weighted by Crippen LogP contribution is 2.29. The van der Waals surface area contributed by atoms with Crippen molar-refractivity contribution in [1.29, 1.82) is 0 Å². The maximum atomic E-state index is 12.0. The third kappa shape index (κ3) is 28.1. The zero-order chi connectivity index (χ0) is 43.6. The molecule has 6 N–H and O–H groups in total. The summed E-state index contributed by atoms with van der Waals surface area (Å²) in [7, 11) is 0. The van der Waals surface area contributed by atoms with Crippen molar-refractivity contribution in [3.05, 3.63) is 0 Å². The summed E-state index contributed by atoms with van der Waals surface area (Å²) in [5.74, 6) is -6.97. The van der Waals surface area contributed by atoms with Crippen LogP contribution >= 0.6 is 0 Å². The minimum atomic E-state index is -1.19. The van der Waals surface area contributed by atoms with Gasteiger partial charge < -0.3 is 30.6 Å². The molecule has 0 heterocycles. The molecule has 0 aromatic carbocycles. The Balaban J connectivity index is -0.00000229. The monoisotopic (exact) mass is 807 g/mol. The lowest BCUT2D eigenvalue weighted by Crippen LogP contribution is -2.57. The average Bonchev–Trinajstić information content (AvgIpc) is 3.08. The first kappa shape index (κ1) is 57.0. The Kier molecular flexibility index (Phi) is 36.7. The second-order valence-corrected chi connectivity index (χ2v) is 14.1. The molecule has 2 aliphatic rings. The quantitative estimate of drug-likeness (QED) is 0.0856. The molecule has 16 nitrogen and oxygen atoms in total. The molecular weight excluding hydrogens is 728 g/mol. The Hall–Kier alpha value is -3.34. The predicted octanol–water partition coefficient (Wildman–Crippen LogP) is 5.77. The molecule has 2 rings (SSSR count). The van der Waals surface area contributed by atoms with Gasteiger partial charge in [-0.05, 0) is 32.1 Å². The first-order valence-corrected chi connectivity index (χ1v) is 20.8. The second-order valence-electron chi connectivity index (χ2n) is 14.1. The third-order valence-corrected chi connectivity index (χ3v) is 8.68. The van der Waals surface area contributed by atoms with Crippen LogP contribution in [0.2, 0.25) is 0 Å². The van der Waals surface area contributed by atoms with E-state index in [0.29, 0.717) is 32.1 Å². The number of carbonyl (C=O) groups is 6. The number of carboxylic acid groups (broad SMARTS) is 6. The van der Waals surface area contributed by atoms with Crippen molar-refractivity contribution in [2.75, 3.05) is 52.4 Å². The largest absolute Gasteiger partial charge is 0.480 e. The van der Waals surface area contributed by atoms with Crippen molar-refractivity contribution < 1.29 is 59.4 Å². The molecule has 2 fully saturated rings. The summed E-state index contributed by atoms with van der Waals surface area (Å²) in [6.45, 7) is 14.4. The van der Waals surface area contributed by atoms with E-state index < -0.39 is 86.2 Å². The van der Waals surface area contributed by atoms with Crippen molar-refractivity contribution in [3.63, 3.8) is 0 Å². The minimum Gasteiger partial charge on any atom is -0.480 e. The fourth-order valence-electron chi connectivity index (χ4n) is 7.07. The molecule has 2 aliphatic carbocycles. The molecule has 0 aliphatic heterocycles. The van der Waals surface area contributed by atoms with Crippen LogP contribution in [0.25, 0.3) is 0 Å². The molecular formula is C40H78N4O12. The van der Waals surface area contributed by atoms with Gasteiger partial charge in [-0.2, -0.15) is 0 Å². The lowest BCUT2D eigenvalue weighted by atomic mass is 9.87. The van der Waals surface area contributed by atoms with Gasteiger partial charge in [-0.15, -0.1) is 0 Å². The van der Waals surface area contributed by atoms with Crippen LogP contribution in [0, 0.1) is 0 Å². The average molecular weight is 807 g/mol. The topological polar surface area (TPSA) is 237 Å². The molecule has 4 unspecified atom stereocenters. The summed E-state index contributed by atoms with van der Waals surface area (Å²) in [5.41, 5.74) is 0. The normalized spacial score (nSPS) is 19.3. The molecule has 330 valence electrons. The van der Waals surface area contributed by atoms with Gasteiger partial charge in [0, 0.05) is 37.3 Å². The van der Waals surface area contributed by atoms with Crippen molar-refractivity contribution >= 4 is 35.8 Å². The van der Waals surface area contributed by atoms with Crippen LogP contribution in [0.1, 0.15) is 145 Å². The van der Waals surface area contributed by atoms with E-state index in [4.69, 9.17) is 0 Å². The number of rotatable bonds is 20. The van der Waals surface area contributed by atoms with Gasteiger partial charge in [-0.3, -0.25) is 48.4 Å². The van der Waals surface area contributed by atoms with Crippen LogP contribution < -0.4 is 0 Å². The van der Waals surface area contributed by atoms with E-state index in [-0.39, 0.29) is 26.2 Å². The van der Waals surface area contributed by atoms with Crippen molar-refractivity contribution in [2.45, 2.75) is 169 Å². The zero-order valence-electron chi connectivity index (χ0n) is 35.8. The predicted molar refractivity (Wildman–Crippen MR) is 217 cm³/mol. The first-order chi connectivity index (χ1) is 26.5. The summed E-state index contributed by atoms with van der Waals surface area (Å²) in [4.78, 5) is 76.5. The molecule has 0 spiro atoms. The standard InChI is InChI=1S/C29H48N4O12.3C3H8.C2H6/c34-24(35)14-30(20-8-3-1-2-4-9-22(20)32(16-26(38)39)17-27(40)41)12-7-13-31(15-25(36)37)21-10-5-6-11-23(21)33(18-28(42)43)19-29(44)45;3*1-3-2;1-2/h20-23H,1-19H2,(H,34,35)(H,36,37)(H,38,39)(H,40,41)(H,42,43)(H,44,45);3*3H2,1-2H3;1-2H3. The Morgan fingerprint density at radius 2 is 0.554 bits per heavy atom. The Morgan fingerprint density at radius 3 is 0.768 bits per heavy atom. The maximum Gasteiger partial charge on any atom is 0.317 e. The van der Waals surface area contributed by atoms with Crippen LogP contribution in [0.4, 0.5) is 0 Å². The Labute approximate surface area is 336 Å². The molecule has 4 atom stereocenters. The van der Waals surface area contributed by atoms with E-state index in [1.165, 1.54) is 29.1 Å². The summed E-state index contributed by atoms with van der Waals surface area (Å²) in [6, 6.07) is -1.90. The van der Waals surface area contributed by atoms with Crippen molar-refractivity contribution in [1.82, 2.24) is 19.6 Å². The molecule has 0 aromatic rings. The molecule has 0 amide bonds. The summed E-state index contributed by atoms with van der Waals surface area (Å²) in [5, 5.41) is 57.4. The van der Waals surface area contributed by atoms with Crippen molar-refractivity contribution in [2.24, 2.45) is 0 Å². The van der Waals surface area contributed by atoms with Gasteiger partial charge >= 0.3 is 35.8 Å². The highest BCUT2D eigenvalue weighted by molar-refractivity contribution is 5.73. The second kappa shape index (κ2) is 36.0. The van der Waals surface area contributed by atoms with Gasteiger partial charge in [0.2, 0.25) is 0 Å². The smallest absolute Gasteiger partial charge is 0.317 e. The fraction of sp³-hybridized carbons (Fsp3) is 0.850. The minimum absolute atomic E-state index is 0.211. The van der Waals surface area contributed by atoms with E-state index in [2.05, 4.69) is 41.5 Å². The molecule has 56 heavy (non-hydrogen) atoms. The van der Waals surface area contributed by atoms with E-state index in [0.717, 1.165) is 38.5 Å². The van der Waals surface area contributed by atoms with E-state index in [9.17, 15) is 59.4 Å². The first-order valence-electron chi connectivity index (χ1n) is 20.8. The molecule has 0 saturated heterocycles. The van der Waals surface area contributed by atoms with Crippen LogP contribution in [0.5, 0.6) is 0 Å². The zero-order valence-corrected chi connectivity index (χ0v) is 35.8. The van der Waals surface area contributed by atoms with Crippen LogP contribution in [-0.2, 0) is 28.8 Å². The number of hydrogen-bond donors (Lipinski definition) is 6. The molecule has 0 bridgehead atoms. The summed E-state index contributed by atoms with van der Waals surface area (Å²) >= 11 is 0. The SMILES string of the molecule is CC.CCC.CCC.CCC.O=C(O)CN(CCCN(CC(=O)O)C1CCCCC1N(CC(=O)O)CC(=O)O)C1CCCCCCC1N(CC(=O)O)CC(=O)O. The van der Waals surface area contributed by atoms with Crippen molar-refractivity contribution in [3.8, 4) is 0 Å². The molecule has 0 aromatic heterocycles. The number of carboxylic acids is 6. The van der Waals surface area contributed by atoms with Gasteiger partial charge in [0.25, 0.3) is 0 Å². The van der Waals surface area contributed by atoms with Gasteiger partial charge in [-0.1, -0.05) is 113 Å². The van der Waals surface area contributed by atoms with E-state index in [1.54, 1.807) is 9.80 Å². The molecule has 2 saturated carbocycles. The van der Waals surface area contributed by atoms with Gasteiger partial charge in [-0.25, -0.2) is 0 Å². The van der Waals surface area contributed by atoms with E-state index >= 15 is 0 Å². The molecule has 16 heteroatoms. The fourth-order valence-corrected chi connectivity index (χ4v) is 7.07. The summed E-state index contributed by atoms with van der Waals surface area (Å²) < 4.78 is 0. The van der Waals surface area contributed by atoms with Gasteiger partial charge in [0.15, 0.2) is 0 Å². The number of hydrogen-bond acceptors (Lipinski definition) is 10. The number of aliphatic carboxylic acids is 6. The maximum absolute atomic E-state index is 12.0. The highest BCUT2D eigenvalue weighted by atomic mass is 16.4. The lowest BCUT2D eigenvalue weighted by Gasteiger charge is -2.44. The summed E-state index contributed by atoms with van der Waals surface area (Å²) in [6.07, 6.45) is 10.9. The Bertz CT molecular complexity index is 1040. The van der Waals surface area contributed by atoms with Crippen LogP contribution in [-0.4, -0.2) is 163 Å². The highest BCUT2D eigenvalue weighted by Gasteiger charge is 2.38. The third-order valence-electron chi connectivity index (χ3n) is 8.68. The van der Waals surface area contributed by atoms with Crippen LogP contribution in [0.3, 0.4) is 0 Å². The van der Waals surface area contributed by atoms with Gasteiger partial charge in [0.1, 0.15) is 0 Å². The van der Waals surface area contributed by atoms with Gasteiger partial charge in [0.05, 0.1) is 39.3 Å².